The molecule has 1 rings (SSSR count). The number of unbranched alkanes of at least 4 members (excludes halogenated alkanes) is 2. The maximum absolute atomic E-state index is 3.81. The smallest absolute Gasteiger partial charge is 0.0309 e. The molecule has 1 atom stereocenters. The average Bonchev–Trinajstić information content (AvgIpc) is 2.82. The van der Waals surface area contributed by atoms with Crippen LogP contribution in [0.2, 0.25) is 0 Å². The molecule has 1 heterocycles. The van der Waals surface area contributed by atoms with Gasteiger partial charge in [-0.3, -0.25) is 0 Å². The maximum Gasteiger partial charge on any atom is 0.0309 e. The highest BCUT2D eigenvalue weighted by molar-refractivity contribution is 4.95. The topological polar surface area (TPSA) is 15.3 Å². The first-order valence-corrected chi connectivity index (χ1v) is 8.23. The zero-order valence-corrected chi connectivity index (χ0v) is 12.9. The van der Waals surface area contributed by atoms with Gasteiger partial charge in [0.25, 0.3) is 0 Å². The third-order valence-corrected chi connectivity index (χ3v) is 4.24. The third kappa shape index (κ3) is 5.27. The second-order valence-electron chi connectivity index (χ2n) is 6.04. The number of nitrogens with one attached hydrogen (secondary N) is 1. The van der Waals surface area contributed by atoms with Crippen molar-refractivity contribution in [3.05, 3.63) is 0 Å². The molecule has 1 saturated heterocycles. The van der Waals surface area contributed by atoms with Crippen LogP contribution in [0, 0.1) is 0 Å². The van der Waals surface area contributed by atoms with Crippen LogP contribution in [0.4, 0.5) is 0 Å². The maximum atomic E-state index is 3.81. The Morgan fingerprint density at radius 1 is 1.00 bits per heavy atom. The van der Waals surface area contributed by atoms with Gasteiger partial charge in [-0.15, -0.1) is 0 Å². The summed E-state index contributed by atoms with van der Waals surface area (Å²) in [5.41, 5.74) is 0.441. The van der Waals surface area contributed by atoms with E-state index < -0.39 is 0 Å². The minimum Gasteiger partial charge on any atom is -0.310 e. The summed E-state index contributed by atoms with van der Waals surface area (Å²) in [6, 6.07) is 0. The largest absolute Gasteiger partial charge is 0.310 e. The van der Waals surface area contributed by atoms with Crippen molar-refractivity contribution in [2.24, 2.45) is 0 Å². The van der Waals surface area contributed by atoms with Crippen molar-refractivity contribution in [1.29, 1.82) is 0 Å². The van der Waals surface area contributed by atoms with Crippen molar-refractivity contribution in [2.75, 3.05) is 26.2 Å². The molecule has 0 saturated carbocycles. The van der Waals surface area contributed by atoms with Crippen LogP contribution in [-0.2, 0) is 0 Å². The number of hydrogen-bond donors (Lipinski definition) is 1. The van der Waals surface area contributed by atoms with E-state index in [0.717, 1.165) is 0 Å². The molecule has 1 aliphatic rings. The molecule has 0 aromatic heterocycles. The molecule has 1 N–H and O–H groups in total. The third-order valence-electron chi connectivity index (χ3n) is 4.24. The van der Waals surface area contributed by atoms with Crippen molar-refractivity contribution in [1.82, 2.24) is 10.2 Å². The van der Waals surface area contributed by atoms with Gasteiger partial charge in [-0.05, 0) is 51.7 Å². The normalized spacial score (nSPS) is 24.0. The molecule has 18 heavy (non-hydrogen) atoms. The van der Waals surface area contributed by atoms with Crippen molar-refractivity contribution in [3.8, 4) is 0 Å². The first-order chi connectivity index (χ1) is 8.76. The fourth-order valence-electron chi connectivity index (χ4n) is 3.24. The Labute approximate surface area is 115 Å². The van der Waals surface area contributed by atoms with Crippen LogP contribution >= 0.6 is 0 Å². The molecule has 0 aromatic carbocycles. The lowest BCUT2D eigenvalue weighted by molar-refractivity contribution is 0.179. The van der Waals surface area contributed by atoms with Gasteiger partial charge in [0.2, 0.25) is 0 Å². The van der Waals surface area contributed by atoms with E-state index in [-0.39, 0.29) is 0 Å². The first-order valence-electron chi connectivity index (χ1n) is 8.23. The van der Waals surface area contributed by atoms with E-state index in [0.29, 0.717) is 5.54 Å². The Bertz CT molecular complexity index is 189. The highest BCUT2D eigenvalue weighted by Crippen LogP contribution is 2.26. The van der Waals surface area contributed by atoms with E-state index in [1.54, 1.807) is 0 Å². The minimum atomic E-state index is 0.441. The standard InChI is InChI=1S/C16H34N2/c1-4-7-13-18(14-8-5-2)15-16(10-6-3)11-9-12-17-16/h17H,4-15H2,1-3H3. The molecular formula is C16H34N2. The second kappa shape index (κ2) is 8.92. The summed E-state index contributed by atoms with van der Waals surface area (Å²) in [6.07, 6.45) is 10.8. The molecule has 0 spiro atoms. The number of hydrogen-bond acceptors (Lipinski definition) is 2. The molecule has 2 heteroatoms. The van der Waals surface area contributed by atoms with Gasteiger partial charge in [0.15, 0.2) is 0 Å². The van der Waals surface area contributed by atoms with Gasteiger partial charge in [0.1, 0.15) is 0 Å². The van der Waals surface area contributed by atoms with Crippen LogP contribution in [0.15, 0.2) is 0 Å². The number of nitrogens with zero attached hydrogens (tertiary/aromatic N) is 1. The first kappa shape index (κ1) is 16.0. The van der Waals surface area contributed by atoms with Gasteiger partial charge < -0.3 is 10.2 Å². The summed E-state index contributed by atoms with van der Waals surface area (Å²) >= 11 is 0. The Morgan fingerprint density at radius 2 is 1.67 bits per heavy atom. The van der Waals surface area contributed by atoms with Crippen LogP contribution in [0.1, 0.15) is 72.1 Å². The van der Waals surface area contributed by atoms with Crippen molar-refractivity contribution in [2.45, 2.75) is 77.7 Å². The second-order valence-corrected chi connectivity index (χ2v) is 6.04. The van der Waals surface area contributed by atoms with Crippen molar-refractivity contribution >= 4 is 0 Å². The van der Waals surface area contributed by atoms with E-state index in [2.05, 4.69) is 31.0 Å². The van der Waals surface area contributed by atoms with E-state index in [1.165, 1.54) is 77.5 Å². The van der Waals surface area contributed by atoms with Crippen molar-refractivity contribution in [3.63, 3.8) is 0 Å². The van der Waals surface area contributed by atoms with Crippen LogP contribution < -0.4 is 5.32 Å². The zero-order chi connectivity index (χ0) is 13.3. The van der Waals surface area contributed by atoms with Gasteiger partial charge in [-0.1, -0.05) is 40.0 Å². The Balaban J connectivity index is 2.49. The summed E-state index contributed by atoms with van der Waals surface area (Å²) in [4.78, 5) is 2.72. The highest BCUT2D eigenvalue weighted by Gasteiger charge is 2.33. The van der Waals surface area contributed by atoms with Gasteiger partial charge >= 0.3 is 0 Å². The molecule has 1 fully saturated rings. The van der Waals surface area contributed by atoms with Gasteiger partial charge in [-0.2, -0.15) is 0 Å². The summed E-state index contributed by atoms with van der Waals surface area (Å²) < 4.78 is 0. The molecule has 0 bridgehead atoms. The molecule has 108 valence electrons. The van der Waals surface area contributed by atoms with Crippen molar-refractivity contribution < 1.29 is 0 Å². The Morgan fingerprint density at radius 3 is 2.11 bits per heavy atom. The SMILES string of the molecule is CCCCN(CCCC)CC1(CCC)CCCN1. The molecule has 0 aromatic rings. The molecule has 2 nitrogen and oxygen atoms in total. The quantitative estimate of drug-likeness (QED) is 0.638. The van der Waals surface area contributed by atoms with Crippen LogP contribution in [0.25, 0.3) is 0 Å². The minimum absolute atomic E-state index is 0.441. The Kier molecular flexibility index (Phi) is 7.92. The van der Waals surface area contributed by atoms with Crippen LogP contribution in [0.5, 0.6) is 0 Å². The molecular weight excluding hydrogens is 220 g/mol. The molecule has 0 aliphatic carbocycles. The van der Waals surface area contributed by atoms with E-state index in [4.69, 9.17) is 0 Å². The monoisotopic (exact) mass is 254 g/mol. The average molecular weight is 254 g/mol. The fourth-order valence-corrected chi connectivity index (χ4v) is 3.24. The zero-order valence-electron chi connectivity index (χ0n) is 12.9. The predicted octanol–water partition coefficient (Wildman–Crippen LogP) is 3.81. The van der Waals surface area contributed by atoms with Gasteiger partial charge in [0.05, 0.1) is 0 Å². The lowest BCUT2D eigenvalue weighted by Gasteiger charge is -2.36. The summed E-state index contributed by atoms with van der Waals surface area (Å²) in [7, 11) is 0. The van der Waals surface area contributed by atoms with Gasteiger partial charge in [0, 0.05) is 12.1 Å². The fraction of sp³-hybridized carbons (Fsp3) is 1.00. The predicted molar refractivity (Wildman–Crippen MR) is 81.1 cm³/mol. The molecule has 1 unspecified atom stereocenters. The van der Waals surface area contributed by atoms with Gasteiger partial charge in [-0.25, -0.2) is 0 Å². The highest BCUT2D eigenvalue weighted by atomic mass is 15.2. The van der Waals surface area contributed by atoms with E-state index in [1.807, 2.05) is 0 Å². The Hall–Kier alpha value is -0.0800. The lowest BCUT2D eigenvalue weighted by Crippen LogP contribution is -2.50. The molecule has 1 aliphatic heterocycles. The molecule has 0 amide bonds. The lowest BCUT2D eigenvalue weighted by atomic mass is 9.91. The summed E-state index contributed by atoms with van der Waals surface area (Å²) in [5, 5.41) is 3.81. The van der Waals surface area contributed by atoms with Crippen LogP contribution in [-0.4, -0.2) is 36.6 Å². The molecule has 0 radical (unpaired) electrons. The van der Waals surface area contributed by atoms with E-state index >= 15 is 0 Å². The van der Waals surface area contributed by atoms with E-state index in [9.17, 15) is 0 Å². The summed E-state index contributed by atoms with van der Waals surface area (Å²) in [5.74, 6) is 0. The van der Waals surface area contributed by atoms with Crippen LogP contribution in [0.3, 0.4) is 0 Å². The number of rotatable bonds is 10. The summed E-state index contributed by atoms with van der Waals surface area (Å²) in [6.45, 7) is 12.0.